The monoisotopic (exact) mass is 278 g/mol. The fourth-order valence-corrected chi connectivity index (χ4v) is 1.84. The van der Waals surface area contributed by atoms with E-state index in [0.717, 1.165) is 36.0 Å². The topological polar surface area (TPSA) is 34.2 Å². The molecule has 1 N–H and O–H groups in total. The summed E-state index contributed by atoms with van der Waals surface area (Å²) in [5.41, 5.74) is 1.79. The van der Waals surface area contributed by atoms with E-state index in [1.807, 2.05) is 19.9 Å². The third-order valence-electron chi connectivity index (χ3n) is 2.63. The standard InChI is InChI=1S/C15H16F2N2O/c1-3-18-9-11-4-10(2)19-15(5-11)20-14-7-12(16)6-13(17)8-14/h4-8,18H,3,9H2,1-2H3. The fourth-order valence-electron chi connectivity index (χ4n) is 1.84. The third-order valence-corrected chi connectivity index (χ3v) is 2.63. The lowest BCUT2D eigenvalue weighted by atomic mass is 10.2. The molecule has 0 aliphatic rings. The Morgan fingerprint density at radius 1 is 1.10 bits per heavy atom. The lowest BCUT2D eigenvalue weighted by Crippen LogP contribution is -2.12. The molecular formula is C15H16F2N2O. The second kappa shape index (κ2) is 6.43. The Labute approximate surface area is 116 Å². The lowest BCUT2D eigenvalue weighted by molar-refractivity contribution is 0.449. The van der Waals surface area contributed by atoms with E-state index in [-0.39, 0.29) is 5.75 Å². The highest BCUT2D eigenvalue weighted by molar-refractivity contribution is 5.31. The van der Waals surface area contributed by atoms with Crippen LogP contribution in [0.25, 0.3) is 0 Å². The Kier molecular flexibility index (Phi) is 4.63. The molecule has 3 nitrogen and oxygen atoms in total. The highest BCUT2D eigenvalue weighted by atomic mass is 19.1. The maximum atomic E-state index is 13.1. The molecule has 106 valence electrons. The zero-order valence-corrected chi connectivity index (χ0v) is 11.4. The van der Waals surface area contributed by atoms with Crippen LogP contribution in [0, 0.1) is 18.6 Å². The van der Waals surface area contributed by atoms with E-state index < -0.39 is 11.6 Å². The first-order chi connectivity index (χ1) is 9.56. The van der Waals surface area contributed by atoms with Gasteiger partial charge in [-0.1, -0.05) is 6.92 Å². The van der Waals surface area contributed by atoms with Gasteiger partial charge in [0.15, 0.2) is 0 Å². The Hall–Kier alpha value is -2.01. The van der Waals surface area contributed by atoms with Crippen LogP contribution in [0.3, 0.4) is 0 Å². The first-order valence-corrected chi connectivity index (χ1v) is 6.39. The predicted molar refractivity (Wildman–Crippen MR) is 72.8 cm³/mol. The molecule has 0 aliphatic carbocycles. The van der Waals surface area contributed by atoms with E-state index >= 15 is 0 Å². The minimum absolute atomic E-state index is 0.0926. The van der Waals surface area contributed by atoms with Gasteiger partial charge in [0.1, 0.15) is 17.4 Å². The van der Waals surface area contributed by atoms with Crippen molar-refractivity contribution < 1.29 is 13.5 Å². The molecule has 0 fully saturated rings. The van der Waals surface area contributed by atoms with E-state index in [9.17, 15) is 8.78 Å². The van der Waals surface area contributed by atoms with Crippen molar-refractivity contribution in [1.82, 2.24) is 10.3 Å². The summed E-state index contributed by atoms with van der Waals surface area (Å²) >= 11 is 0. The van der Waals surface area contributed by atoms with Gasteiger partial charge in [0.25, 0.3) is 0 Å². The molecule has 0 unspecified atom stereocenters. The molecule has 0 aliphatic heterocycles. The third kappa shape index (κ3) is 3.99. The van der Waals surface area contributed by atoms with Crippen molar-refractivity contribution in [3.63, 3.8) is 0 Å². The molecule has 2 rings (SSSR count). The van der Waals surface area contributed by atoms with Gasteiger partial charge < -0.3 is 10.1 Å². The number of benzene rings is 1. The first-order valence-electron chi connectivity index (χ1n) is 6.39. The number of hydrogen-bond acceptors (Lipinski definition) is 3. The van der Waals surface area contributed by atoms with Crippen LogP contribution in [-0.2, 0) is 6.54 Å². The second-order valence-electron chi connectivity index (χ2n) is 4.44. The quantitative estimate of drug-likeness (QED) is 0.908. The summed E-state index contributed by atoms with van der Waals surface area (Å²) in [6.07, 6.45) is 0. The van der Waals surface area contributed by atoms with Crippen molar-refractivity contribution in [3.8, 4) is 11.6 Å². The van der Waals surface area contributed by atoms with E-state index in [1.165, 1.54) is 0 Å². The largest absolute Gasteiger partial charge is 0.439 e. The molecule has 20 heavy (non-hydrogen) atoms. The molecule has 0 amide bonds. The number of halogens is 2. The van der Waals surface area contributed by atoms with Gasteiger partial charge in [-0.05, 0) is 25.1 Å². The van der Waals surface area contributed by atoms with E-state index in [4.69, 9.17) is 4.74 Å². The van der Waals surface area contributed by atoms with Gasteiger partial charge in [0, 0.05) is 36.5 Å². The smallest absolute Gasteiger partial charge is 0.219 e. The number of nitrogens with zero attached hydrogens (tertiary/aromatic N) is 1. The summed E-state index contributed by atoms with van der Waals surface area (Å²) in [5, 5.41) is 3.20. The lowest BCUT2D eigenvalue weighted by Gasteiger charge is -2.09. The highest BCUT2D eigenvalue weighted by Crippen LogP contribution is 2.23. The summed E-state index contributed by atoms with van der Waals surface area (Å²) < 4.78 is 31.6. The maximum absolute atomic E-state index is 13.1. The van der Waals surface area contributed by atoms with Crippen molar-refractivity contribution in [2.75, 3.05) is 6.54 Å². The highest BCUT2D eigenvalue weighted by Gasteiger charge is 2.06. The van der Waals surface area contributed by atoms with Crippen molar-refractivity contribution in [2.45, 2.75) is 20.4 Å². The predicted octanol–water partition coefficient (Wildman–Crippen LogP) is 3.57. The number of rotatable bonds is 5. The van der Waals surface area contributed by atoms with Crippen LogP contribution >= 0.6 is 0 Å². The van der Waals surface area contributed by atoms with Gasteiger partial charge in [0.05, 0.1) is 0 Å². The Morgan fingerprint density at radius 2 is 1.80 bits per heavy atom. The fraction of sp³-hybridized carbons (Fsp3) is 0.267. The number of aromatic nitrogens is 1. The van der Waals surface area contributed by atoms with Crippen LogP contribution in [0.5, 0.6) is 11.6 Å². The van der Waals surface area contributed by atoms with Crippen LogP contribution in [0.1, 0.15) is 18.2 Å². The van der Waals surface area contributed by atoms with E-state index in [0.29, 0.717) is 12.4 Å². The first kappa shape index (κ1) is 14.4. The van der Waals surface area contributed by atoms with Crippen LogP contribution in [-0.4, -0.2) is 11.5 Å². The number of aryl methyl sites for hydroxylation is 1. The van der Waals surface area contributed by atoms with Crippen molar-refractivity contribution in [3.05, 3.63) is 53.2 Å². The van der Waals surface area contributed by atoms with Gasteiger partial charge in [-0.3, -0.25) is 0 Å². The van der Waals surface area contributed by atoms with Gasteiger partial charge >= 0.3 is 0 Å². The summed E-state index contributed by atoms with van der Waals surface area (Å²) in [6, 6.07) is 6.72. The number of nitrogens with one attached hydrogen (secondary N) is 1. The summed E-state index contributed by atoms with van der Waals surface area (Å²) in [5.74, 6) is -0.945. The van der Waals surface area contributed by atoms with Crippen molar-refractivity contribution >= 4 is 0 Å². The van der Waals surface area contributed by atoms with Gasteiger partial charge in [-0.15, -0.1) is 0 Å². The minimum atomic E-state index is -0.680. The van der Waals surface area contributed by atoms with E-state index in [1.54, 1.807) is 6.07 Å². The molecule has 1 aromatic heterocycles. The van der Waals surface area contributed by atoms with E-state index in [2.05, 4.69) is 10.3 Å². The van der Waals surface area contributed by atoms with Crippen LogP contribution < -0.4 is 10.1 Å². The van der Waals surface area contributed by atoms with Crippen LogP contribution in [0.15, 0.2) is 30.3 Å². The molecule has 5 heteroatoms. The Bertz CT molecular complexity index is 582. The zero-order chi connectivity index (χ0) is 14.5. The van der Waals surface area contributed by atoms with Crippen LogP contribution in [0.2, 0.25) is 0 Å². The minimum Gasteiger partial charge on any atom is -0.439 e. The molecule has 0 saturated heterocycles. The molecule has 2 aromatic rings. The molecule has 1 heterocycles. The second-order valence-corrected chi connectivity index (χ2v) is 4.44. The van der Waals surface area contributed by atoms with Gasteiger partial charge in [-0.25, -0.2) is 13.8 Å². The molecular weight excluding hydrogens is 262 g/mol. The summed E-state index contributed by atoms with van der Waals surface area (Å²) in [7, 11) is 0. The molecule has 0 atom stereocenters. The SMILES string of the molecule is CCNCc1cc(C)nc(Oc2cc(F)cc(F)c2)c1. The molecule has 0 radical (unpaired) electrons. The summed E-state index contributed by atoms with van der Waals surface area (Å²) in [6.45, 7) is 5.40. The average Bonchev–Trinajstić information content (AvgIpc) is 2.34. The van der Waals surface area contributed by atoms with Crippen LogP contribution in [0.4, 0.5) is 8.78 Å². The Balaban J connectivity index is 2.21. The number of ether oxygens (including phenoxy) is 1. The molecule has 0 saturated carbocycles. The number of pyridine rings is 1. The Morgan fingerprint density at radius 3 is 2.45 bits per heavy atom. The van der Waals surface area contributed by atoms with Gasteiger partial charge in [0.2, 0.25) is 5.88 Å². The molecule has 0 bridgehead atoms. The molecule has 0 spiro atoms. The zero-order valence-electron chi connectivity index (χ0n) is 11.4. The summed E-state index contributed by atoms with van der Waals surface area (Å²) in [4.78, 5) is 4.20. The molecule has 1 aromatic carbocycles. The average molecular weight is 278 g/mol. The maximum Gasteiger partial charge on any atom is 0.219 e. The normalized spacial score (nSPS) is 10.6. The van der Waals surface area contributed by atoms with Crippen molar-refractivity contribution in [1.29, 1.82) is 0 Å². The van der Waals surface area contributed by atoms with Gasteiger partial charge in [-0.2, -0.15) is 0 Å². The number of hydrogen-bond donors (Lipinski definition) is 1. The van der Waals surface area contributed by atoms with Crippen molar-refractivity contribution in [2.24, 2.45) is 0 Å².